The lowest BCUT2D eigenvalue weighted by Crippen LogP contribution is -2.23. The van der Waals surface area contributed by atoms with Gasteiger partial charge in [-0.05, 0) is 11.6 Å². The first-order chi connectivity index (χ1) is 13.2. The van der Waals surface area contributed by atoms with Gasteiger partial charge in [0.15, 0.2) is 0 Å². The third kappa shape index (κ3) is 5.90. The second kappa shape index (κ2) is 9.84. The summed E-state index contributed by atoms with van der Waals surface area (Å²) < 4.78 is 21.3. The first-order valence-corrected chi connectivity index (χ1v) is 8.80. The summed E-state index contributed by atoms with van der Waals surface area (Å²) in [6.45, 7) is 2.55. The topological polar surface area (TPSA) is 91.8 Å². The molecule has 27 heavy (non-hydrogen) atoms. The number of nitrogens with zero attached hydrogens (tertiary/aromatic N) is 2. The largest absolute Gasteiger partial charge is 0.475 e. The molecule has 1 amide bonds. The van der Waals surface area contributed by atoms with Crippen molar-refractivity contribution < 1.29 is 23.7 Å². The van der Waals surface area contributed by atoms with Crippen molar-refractivity contribution in [2.24, 2.45) is 0 Å². The van der Waals surface area contributed by atoms with Crippen LogP contribution in [-0.2, 0) is 16.0 Å². The summed E-state index contributed by atoms with van der Waals surface area (Å²) in [7, 11) is 1.61. The van der Waals surface area contributed by atoms with E-state index in [2.05, 4.69) is 15.3 Å². The molecular weight excluding hydrogens is 350 g/mol. The van der Waals surface area contributed by atoms with Gasteiger partial charge in [-0.1, -0.05) is 6.07 Å². The Bertz CT molecular complexity index is 732. The van der Waals surface area contributed by atoms with E-state index in [9.17, 15) is 4.79 Å². The minimum absolute atomic E-state index is 0.00786. The molecule has 1 unspecified atom stereocenters. The molecule has 1 aliphatic heterocycles. The molecule has 1 fully saturated rings. The molecule has 144 valence electrons. The highest BCUT2D eigenvalue weighted by Crippen LogP contribution is 2.16. The molecule has 1 atom stereocenters. The third-order valence-corrected chi connectivity index (χ3v) is 3.96. The molecule has 1 N–H and O–H groups in total. The van der Waals surface area contributed by atoms with Crippen molar-refractivity contribution >= 4 is 5.91 Å². The van der Waals surface area contributed by atoms with Crippen LogP contribution in [0.15, 0.2) is 36.7 Å². The van der Waals surface area contributed by atoms with Gasteiger partial charge >= 0.3 is 0 Å². The van der Waals surface area contributed by atoms with E-state index in [1.807, 2.05) is 6.07 Å². The smallest absolute Gasteiger partial charge is 0.251 e. The number of carbonyl (C=O) groups is 1. The molecule has 8 heteroatoms. The van der Waals surface area contributed by atoms with Crippen LogP contribution in [0.5, 0.6) is 11.8 Å². The number of methoxy groups -OCH3 is 1. The first kappa shape index (κ1) is 19.1. The van der Waals surface area contributed by atoms with Gasteiger partial charge in [-0.25, -0.2) is 9.97 Å². The van der Waals surface area contributed by atoms with Gasteiger partial charge in [0.25, 0.3) is 5.91 Å². The van der Waals surface area contributed by atoms with Crippen molar-refractivity contribution in [1.82, 2.24) is 15.3 Å². The summed E-state index contributed by atoms with van der Waals surface area (Å²) in [5, 5.41) is 2.86. The number of pyridine rings is 2. The summed E-state index contributed by atoms with van der Waals surface area (Å²) in [6.07, 6.45) is 4.06. The van der Waals surface area contributed by atoms with Gasteiger partial charge in [0, 0.05) is 50.2 Å². The molecule has 1 saturated heterocycles. The number of ether oxygens (including phenoxy) is 4. The van der Waals surface area contributed by atoms with Crippen molar-refractivity contribution in [3.8, 4) is 11.8 Å². The maximum atomic E-state index is 12.4. The molecular formula is C19H23N3O5. The second-order valence-electron chi connectivity index (χ2n) is 6.01. The fourth-order valence-corrected chi connectivity index (χ4v) is 2.51. The van der Waals surface area contributed by atoms with Crippen LogP contribution >= 0.6 is 0 Å². The average Bonchev–Trinajstić information content (AvgIpc) is 3.20. The van der Waals surface area contributed by atoms with E-state index >= 15 is 0 Å². The zero-order valence-electron chi connectivity index (χ0n) is 15.2. The monoisotopic (exact) mass is 373 g/mol. The van der Waals surface area contributed by atoms with Crippen LogP contribution < -0.4 is 14.8 Å². The normalized spacial score (nSPS) is 16.1. The molecule has 8 nitrogen and oxygen atoms in total. The maximum absolute atomic E-state index is 12.4. The van der Waals surface area contributed by atoms with Gasteiger partial charge in [-0.3, -0.25) is 4.79 Å². The van der Waals surface area contributed by atoms with Crippen molar-refractivity contribution in [1.29, 1.82) is 0 Å². The lowest BCUT2D eigenvalue weighted by Gasteiger charge is -2.11. The number of rotatable bonds is 9. The van der Waals surface area contributed by atoms with Crippen molar-refractivity contribution in [2.75, 3.05) is 33.5 Å². The molecule has 2 aromatic rings. The highest BCUT2D eigenvalue weighted by Gasteiger charge is 2.18. The van der Waals surface area contributed by atoms with E-state index in [-0.39, 0.29) is 12.0 Å². The molecule has 0 radical (unpaired) electrons. The van der Waals surface area contributed by atoms with Crippen LogP contribution in [0.2, 0.25) is 0 Å². The fourth-order valence-electron chi connectivity index (χ4n) is 2.51. The Balaban J connectivity index is 1.50. The van der Waals surface area contributed by atoms with Crippen molar-refractivity contribution in [3.05, 3.63) is 47.8 Å². The van der Waals surface area contributed by atoms with E-state index in [1.165, 1.54) is 0 Å². The Labute approximate surface area is 157 Å². The Kier molecular flexibility index (Phi) is 6.95. The Morgan fingerprint density at radius 3 is 2.93 bits per heavy atom. The van der Waals surface area contributed by atoms with Gasteiger partial charge in [-0.2, -0.15) is 0 Å². The number of nitrogens with one attached hydrogen (secondary N) is 1. The summed E-state index contributed by atoms with van der Waals surface area (Å²) in [4.78, 5) is 20.7. The molecule has 3 heterocycles. The number of hydrogen-bond donors (Lipinski definition) is 1. The standard InChI is InChI=1S/C19H23N3O5/c1-24-8-9-26-17-3-2-14(11-21-17)12-22-19(23)15-4-6-20-18(10-15)27-16-5-7-25-13-16/h2-4,6,10-11,16H,5,7-9,12-13H2,1H3,(H,22,23). The SMILES string of the molecule is COCCOc1ccc(CNC(=O)c2ccnc(OC3CCOC3)c2)cn1. The maximum Gasteiger partial charge on any atom is 0.251 e. The molecule has 1 aliphatic rings. The number of aromatic nitrogens is 2. The quantitative estimate of drug-likeness (QED) is 0.668. The first-order valence-electron chi connectivity index (χ1n) is 8.80. The number of amides is 1. The van der Waals surface area contributed by atoms with Gasteiger partial charge in [-0.15, -0.1) is 0 Å². The van der Waals surface area contributed by atoms with E-state index < -0.39 is 0 Å². The van der Waals surface area contributed by atoms with E-state index in [4.69, 9.17) is 18.9 Å². The van der Waals surface area contributed by atoms with Crippen LogP contribution in [0.4, 0.5) is 0 Å². The second-order valence-corrected chi connectivity index (χ2v) is 6.01. The zero-order chi connectivity index (χ0) is 18.9. The molecule has 0 bridgehead atoms. The highest BCUT2D eigenvalue weighted by atomic mass is 16.5. The lowest BCUT2D eigenvalue weighted by molar-refractivity contribution is 0.0949. The minimum Gasteiger partial charge on any atom is -0.475 e. The third-order valence-electron chi connectivity index (χ3n) is 3.96. The molecule has 2 aromatic heterocycles. The summed E-state index contributed by atoms with van der Waals surface area (Å²) in [6, 6.07) is 6.91. The van der Waals surface area contributed by atoms with E-state index in [0.717, 1.165) is 12.0 Å². The average molecular weight is 373 g/mol. The Morgan fingerprint density at radius 2 is 2.19 bits per heavy atom. The van der Waals surface area contributed by atoms with Gasteiger partial charge in [0.1, 0.15) is 12.7 Å². The fraction of sp³-hybridized carbons (Fsp3) is 0.421. The van der Waals surface area contributed by atoms with Gasteiger partial charge in [0.2, 0.25) is 11.8 Å². The van der Waals surface area contributed by atoms with Crippen molar-refractivity contribution in [3.63, 3.8) is 0 Å². The van der Waals surface area contributed by atoms with Crippen molar-refractivity contribution in [2.45, 2.75) is 19.1 Å². The van der Waals surface area contributed by atoms with Crippen LogP contribution in [0.25, 0.3) is 0 Å². The lowest BCUT2D eigenvalue weighted by atomic mass is 10.2. The van der Waals surface area contributed by atoms with Crippen LogP contribution in [-0.4, -0.2) is 55.5 Å². The predicted octanol–water partition coefficient (Wildman–Crippen LogP) is 1.60. The summed E-state index contributed by atoms with van der Waals surface area (Å²) in [5.74, 6) is 0.747. The van der Waals surface area contributed by atoms with Gasteiger partial charge in [0.05, 0.1) is 19.8 Å². The molecule has 3 rings (SSSR count). The molecule has 0 saturated carbocycles. The van der Waals surface area contributed by atoms with Crippen LogP contribution in [0, 0.1) is 0 Å². The number of carbonyl (C=O) groups excluding carboxylic acids is 1. The van der Waals surface area contributed by atoms with Crippen LogP contribution in [0.3, 0.4) is 0 Å². The summed E-state index contributed by atoms with van der Waals surface area (Å²) >= 11 is 0. The zero-order valence-corrected chi connectivity index (χ0v) is 15.2. The van der Waals surface area contributed by atoms with Crippen LogP contribution in [0.1, 0.15) is 22.3 Å². The highest BCUT2D eigenvalue weighted by molar-refractivity contribution is 5.94. The van der Waals surface area contributed by atoms with Gasteiger partial charge < -0.3 is 24.3 Å². The molecule has 0 aromatic carbocycles. The number of hydrogen-bond acceptors (Lipinski definition) is 7. The molecule has 0 aliphatic carbocycles. The molecule has 0 spiro atoms. The summed E-state index contributed by atoms with van der Waals surface area (Å²) in [5.41, 5.74) is 1.36. The Hall–Kier alpha value is -2.71. The predicted molar refractivity (Wildman–Crippen MR) is 96.9 cm³/mol. The van der Waals surface area contributed by atoms with E-state index in [0.29, 0.717) is 50.3 Å². The minimum atomic E-state index is -0.203. The Morgan fingerprint density at radius 1 is 1.26 bits per heavy atom. The van der Waals surface area contributed by atoms with E-state index in [1.54, 1.807) is 37.7 Å².